The van der Waals surface area contributed by atoms with Crippen LogP contribution in [-0.2, 0) is 27.0 Å². The molecule has 1 aliphatic heterocycles. The summed E-state index contributed by atoms with van der Waals surface area (Å²) in [5, 5.41) is 3.68. The Morgan fingerprint density at radius 1 is 1.03 bits per heavy atom. The molecule has 1 unspecified atom stereocenters. The number of benzene rings is 2. The van der Waals surface area contributed by atoms with Crippen molar-refractivity contribution in [2.45, 2.75) is 43.9 Å². The third-order valence-electron chi connectivity index (χ3n) is 6.20. The molecule has 1 fully saturated rings. The Balaban J connectivity index is 1.34. The lowest BCUT2D eigenvalue weighted by Gasteiger charge is -2.32. The smallest absolute Gasteiger partial charge is 0.223 e. The van der Waals surface area contributed by atoms with Crippen LogP contribution < -0.4 is 5.32 Å². The van der Waals surface area contributed by atoms with Gasteiger partial charge in [0.05, 0.1) is 11.8 Å². The fourth-order valence-electron chi connectivity index (χ4n) is 4.49. The normalized spacial score (nSPS) is 20.5. The molecule has 1 heterocycles. The van der Waals surface area contributed by atoms with E-state index in [-0.39, 0.29) is 23.6 Å². The summed E-state index contributed by atoms with van der Waals surface area (Å²) < 4.78 is 27.1. The molecule has 2 aromatic carbocycles. The number of halogens is 1. The third kappa shape index (κ3) is 4.71. The monoisotopic (exact) mass is 446 g/mol. The van der Waals surface area contributed by atoms with Gasteiger partial charge in [-0.25, -0.2) is 12.7 Å². The summed E-state index contributed by atoms with van der Waals surface area (Å²) in [6.45, 7) is 0.734. The lowest BCUT2D eigenvalue weighted by molar-refractivity contribution is -0.127. The van der Waals surface area contributed by atoms with Crippen molar-refractivity contribution in [3.8, 4) is 0 Å². The van der Waals surface area contributed by atoms with E-state index in [4.69, 9.17) is 11.6 Å². The molecular weight excluding hydrogens is 420 g/mol. The second-order valence-corrected chi connectivity index (χ2v) is 10.5. The second kappa shape index (κ2) is 9.08. The van der Waals surface area contributed by atoms with Crippen molar-refractivity contribution in [1.29, 1.82) is 0 Å². The molecule has 0 spiro atoms. The van der Waals surface area contributed by atoms with E-state index in [1.54, 1.807) is 24.3 Å². The molecule has 2 aromatic rings. The van der Waals surface area contributed by atoms with Crippen LogP contribution in [0, 0.1) is 5.92 Å². The van der Waals surface area contributed by atoms with Crippen molar-refractivity contribution in [2.24, 2.45) is 5.92 Å². The topological polar surface area (TPSA) is 66.5 Å². The number of nitrogens with one attached hydrogen (secondary N) is 1. The van der Waals surface area contributed by atoms with E-state index in [1.807, 2.05) is 12.1 Å². The van der Waals surface area contributed by atoms with E-state index < -0.39 is 10.0 Å². The molecule has 0 aromatic heterocycles. The lowest BCUT2D eigenvalue weighted by atomic mass is 9.87. The maximum Gasteiger partial charge on any atom is 0.223 e. The summed E-state index contributed by atoms with van der Waals surface area (Å²) in [7, 11) is -3.46. The molecule has 1 amide bonds. The molecule has 1 aliphatic carbocycles. The Morgan fingerprint density at radius 3 is 2.50 bits per heavy atom. The molecule has 160 valence electrons. The van der Waals surface area contributed by atoms with Crippen LogP contribution in [0.3, 0.4) is 0 Å². The van der Waals surface area contributed by atoms with Crippen molar-refractivity contribution in [1.82, 2.24) is 9.62 Å². The van der Waals surface area contributed by atoms with Gasteiger partial charge in [-0.05, 0) is 54.9 Å². The average Bonchev–Trinajstić information content (AvgIpc) is 2.75. The van der Waals surface area contributed by atoms with Crippen molar-refractivity contribution < 1.29 is 13.2 Å². The van der Waals surface area contributed by atoms with Crippen LogP contribution in [-0.4, -0.2) is 31.7 Å². The summed E-state index contributed by atoms with van der Waals surface area (Å²) in [4.78, 5) is 12.9. The number of aryl methyl sites for hydroxylation is 1. The standard InChI is InChI=1S/C23H27ClN2O3S/c24-21-10-4-2-7-19(21)16-30(28,29)26-14-12-18(13-15-26)23(27)25-22-11-5-8-17-6-1-3-9-20(17)22/h1-4,6-7,9-10,18,22H,5,8,11-16H2,(H,25,27). The summed E-state index contributed by atoms with van der Waals surface area (Å²) in [5.74, 6) is -0.215. The number of fused-ring (bicyclic) bond motifs is 1. The van der Waals surface area contributed by atoms with Gasteiger partial charge in [-0.2, -0.15) is 0 Å². The van der Waals surface area contributed by atoms with Gasteiger partial charge in [-0.3, -0.25) is 4.79 Å². The van der Waals surface area contributed by atoms with Crippen molar-refractivity contribution >= 4 is 27.5 Å². The highest BCUT2D eigenvalue weighted by atomic mass is 35.5. The molecule has 4 rings (SSSR count). The van der Waals surface area contributed by atoms with E-state index in [9.17, 15) is 13.2 Å². The number of rotatable bonds is 5. The maximum absolute atomic E-state index is 12.9. The minimum absolute atomic E-state index is 0.0415. The lowest BCUT2D eigenvalue weighted by Crippen LogP contribution is -2.44. The van der Waals surface area contributed by atoms with Crippen LogP contribution in [0.5, 0.6) is 0 Å². The highest BCUT2D eigenvalue weighted by Crippen LogP contribution is 2.31. The Hall–Kier alpha value is -1.89. The third-order valence-corrected chi connectivity index (χ3v) is 8.40. The molecule has 0 radical (unpaired) electrons. The molecule has 2 aliphatic rings. The molecule has 30 heavy (non-hydrogen) atoms. The first kappa shape index (κ1) is 21.3. The van der Waals surface area contributed by atoms with Crippen LogP contribution in [0.25, 0.3) is 0 Å². The number of hydrogen-bond donors (Lipinski definition) is 1. The first-order chi connectivity index (χ1) is 14.4. The Kier molecular flexibility index (Phi) is 6.46. The summed E-state index contributed by atoms with van der Waals surface area (Å²) in [5.41, 5.74) is 3.14. The van der Waals surface area contributed by atoms with Crippen LogP contribution >= 0.6 is 11.6 Å². The Bertz CT molecular complexity index is 1020. The van der Waals surface area contributed by atoms with Crippen molar-refractivity contribution in [3.63, 3.8) is 0 Å². The zero-order valence-corrected chi connectivity index (χ0v) is 18.5. The number of sulfonamides is 1. The van der Waals surface area contributed by atoms with Gasteiger partial charge in [0.25, 0.3) is 0 Å². The van der Waals surface area contributed by atoms with Crippen molar-refractivity contribution in [3.05, 3.63) is 70.2 Å². The molecule has 1 N–H and O–H groups in total. The van der Waals surface area contributed by atoms with Crippen LogP contribution in [0.1, 0.15) is 48.4 Å². The molecule has 7 heteroatoms. The molecule has 1 atom stereocenters. The van der Waals surface area contributed by atoms with Crippen molar-refractivity contribution in [2.75, 3.05) is 13.1 Å². The van der Waals surface area contributed by atoms with E-state index in [0.717, 1.165) is 19.3 Å². The van der Waals surface area contributed by atoms with E-state index in [0.29, 0.717) is 36.5 Å². The predicted octanol–water partition coefficient (Wildman–Crippen LogP) is 4.08. The van der Waals surface area contributed by atoms with Gasteiger partial charge in [0.2, 0.25) is 15.9 Å². The Morgan fingerprint density at radius 2 is 1.73 bits per heavy atom. The minimum Gasteiger partial charge on any atom is -0.349 e. The summed E-state index contributed by atoms with van der Waals surface area (Å²) in [6.07, 6.45) is 4.17. The highest BCUT2D eigenvalue weighted by Gasteiger charge is 2.32. The van der Waals surface area contributed by atoms with Crippen LogP contribution in [0.15, 0.2) is 48.5 Å². The van der Waals surface area contributed by atoms with Crippen LogP contribution in [0.2, 0.25) is 5.02 Å². The van der Waals surface area contributed by atoms with E-state index in [2.05, 4.69) is 17.4 Å². The number of piperidine rings is 1. The van der Waals surface area contributed by atoms with Gasteiger partial charge >= 0.3 is 0 Å². The zero-order chi connectivity index (χ0) is 21.1. The number of nitrogens with zero attached hydrogens (tertiary/aromatic N) is 1. The first-order valence-corrected chi connectivity index (χ1v) is 12.5. The molecule has 1 saturated heterocycles. The largest absolute Gasteiger partial charge is 0.349 e. The number of carbonyl (C=O) groups excluding carboxylic acids is 1. The summed E-state index contributed by atoms with van der Waals surface area (Å²) >= 11 is 6.13. The second-order valence-electron chi connectivity index (χ2n) is 8.17. The maximum atomic E-state index is 12.9. The SMILES string of the molecule is O=C(NC1CCCc2ccccc21)C1CCN(S(=O)(=O)Cc2ccccc2Cl)CC1. The highest BCUT2D eigenvalue weighted by molar-refractivity contribution is 7.88. The average molecular weight is 447 g/mol. The van der Waals surface area contributed by atoms with Gasteiger partial charge in [-0.15, -0.1) is 0 Å². The number of hydrogen-bond acceptors (Lipinski definition) is 3. The molecule has 0 saturated carbocycles. The quantitative estimate of drug-likeness (QED) is 0.752. The van der Waals surface area contributed by atoms with Crippen LogP contribution in [0.4, 0.5) is 0 Å². The van der Waals surface area contributed by atoms with Gasteiger partial charge in [0.1, 0.15) is 0 Å². The van der Waals surface area contributed by atoms with E-state index in [1.165, 1.54) is 15.4 Å². The van der Waals surface area contributed by atoms with Gasteiger partial charge in [0, 0.05) is 24.0 Å². The van der Waals surface area contributed by atoms with Gasteiger partial charge in [-0.1, -0.05) is 54.1 Å². The molecule has 0 bridgehead atoms. The molecule has 5 nitrogen and oxygen atoms in total. The number of amides is 1. The van der Waals surface area contributed by atoms with E-state index >= 15 is 0 Å². The van der Waals surface area contributed by atoms with Gasteiger partial charge < -0.3 is 5.32 Å². The minimum atomic E-state index is -3.46. The summed E-state index contributed by atoms with van der Waals surface area (Å²) in [6, 6.07) is 15.4. The Labute approximate surface area is 183 Å². The fourth-order valence-corrected chi connectivity index (χ4v) is 6.37. The first-order valence-electron chi connectivity index (χ1n) is 10.5. The fraction of sp³-hybridized carbons (Fsp3) is 0.435. The van der Waals surface area contributed by atoms with Gasteiger partial charge in [0.15, 0.2) is 0 Å². The zero-order valence-electron chi connectivity index (χ0n) is 16.9. The molecular formula is C23H27ClN2O3S. The predicted molar refractivity (Wildman–Crippen MR) is 119 cm³/mol. The number of carbonyl (C=O) groups is 1.